The lowest BCUT2D eigenvalue weighted by atomic mass is 10.2. The van der Waals surface area contributed by atoms with Crippen molar-refractivity contribution >= 4 is 5.91 Å². The van der Waals surface area contributed by atoms with Crippen molar-refractivity contribution < 1.29 is 9.53 Å². The van der Waals surface area contributed by atoms with E-state index in [1.807, 2.05) is 61.5 Å². The summed E-state index contributed by atoms with van der Waals surface area (Å²) in [6.45, 7) is 2.59. The van der Waals surface area contributed by atoms with Crippen LogP contribution in [-0.2, 0) is 0 Å². The molecule has 0 spiro atoms. The number of nitrogens with one attached hydrogen (secondary N) is 1. The second-order valence-corrected chi connectivity index (χ2v) is 5.49. The van der Waals surface area contributed by atoms with Crippen molar-refractivity contribution in [1.29, 1.82) is 0 Å². The van der Waals surface area contributed by atoms with E-state index in [2.05, 4.69) is 15.4 Å². The van der Waals surface area contributed by atoms with Crippen LogP contribution in [0.2, 0.25) is 0 Å². The minimum Gasteiger partial charge on any atom is -0.497 e. The Morgan fingerprint density at radius 3 is 2.48 bits per heavy atom. The number of amides is 1. The number of carbonyl (C=O) groups excluding carboxylic acids is 1. The maximum atomic E-state index is 12.3. The molecule has 0 radical (unpaired) electrons. The van der Waals surface area contributed by atoms with Crippen LogP contribution in [0.1, 0.15) is 24.0 Å². The Bertz CT molecular complexity index is 842. The first-order valence-electron chi connectivity index (χ1n) is 8.18. The van der Waals surface area contributed by atoms with E-state index in [0.29, 0.717) is 12.4 Å². The number of ether oxygens (including phenoxy) is 1. The molecule has 0 saturated carbocycles. The normalized spacial score (nSPS) is 10.5. The summed E-state index contributed by atoms with van der Waals surface area (Å²) in [7, 11) is 1.62. The van der Waals surface area contributed by atoms with E-state index in [0.717, 1.165) is 23.4 Å². The van der Waals surface area contributed by atoms with Crippen LogP contribution < -0.4 is 10.1 Å². The van der Waals surface area contributed by atoms with E-state index in [1.54, 1.807) is 11.8 Å². The first kappa shape index (κ1) is 16.7. The molecule has 6 nitrogen and oxygen atoms in total. The number of carbonyl (C=O) groups is 1. The zero-order valence-electron chi connectivity index (χ0n) is 14.3. The van der Waals surface area contributed by atoms with E-state index in [9.17, 15) is 4.79 Å². The van der Waals surface area contributed by atoms with Crippen molar-refractivity contribution in [3.8, 4) is 22.8 Å². The van der Waals surface area contributed by atoms with E-state index >= 15 is 0 Å². The fourth-order valence-electron chi connectivity index (χ4n) is 2.40. The van der Waals surface area contributed by atoms with Crippen LogP contribution in [-0.4, -0.2) is 34.3 Å². The van der Waals surface area contributed by atoms with E-state index in [4.69, 9.17) is 4.74 Å². The summed E-state index contributed by atoms with van der Waals surface area (Å²) in [4.78, 5) is 16.7. The highest BCUT2D eigenvalue weighted by Crippen LogP contribution is 2.23. The Labute approximate surface area is 146 Å². The van der Waals surface area contributed by atoms with Crippen LogP contribution in [0.5, 0.6) is 5.75 Å². The summed E-state index contributed by atoms with van der Waals surface area (Å²) in [6, 6.07) is 17.1. The van der Waals surface area contributed by atoms with Crippen molar-refractivity contribution in [2.24, 2.45) is 0 Å². The van der Waals surface area contributed by atoms with Gasteiger partial charge < -0.3 is 10.1 Å². The third-order valence-electron chi connectivity index (χ3n) is 3.69. The van der Waals surface area contributed by atoms with Crippen LogP contribution in [0.3, 0.4) is 0 Å². The van der Waals surface area contributed by atoms with Gasteiger partial charge in [-0.3, -0.25) is 4.79 Å². The number of nitrogens with zero attached hydrogens (tertiary/aromatic N) is 3. The van der Waals surface area contributed by atoms with Gasteiger partial charge in [0.1, 0.15) is 5.75 Å². The molecule has 3 rings (SSSR count). The molecule has 128 valence electrons. The average Bonchev–Trinajstić information content (AvgIpc) is 3.12. The highest BCUT2D eigenvalue weighted by Gasteiger charge is 2.18. The number of methoxy groups -OCH3 is 1. The number of aromatic nitrogens is 3. The third kappa shape index (κ3) is 3.68. The van der Waals surface area contributed by atoms with Gasteiger partial charge in [0.25, 0.3) is 5.91 Å². The Hall–Kier alpha value is -3.15. The molecule has 0 saturated heterocycles. The molecular formula is C19H20N4O2. The average molecular weight is 336 g/mol. The molecule has 0 unspecified atom stereocenters. The summed E-state index contributed by atoms with van der Waals surface area (Å²) in [5.74, 6) is 1.25. The molecule has 2 aromatic carbocycles. The smallest absolute Gasteiger partial charge is 0.290 e. The Kier molecular flexibility index (Phi) is 5.09. The fraction of sp³-hybridized carbons (Fsp3) is 0.211. The lowest BCUT2D eigenvalue weighted by Gasteiger charge is -2.06. The lowest BCUT2D eigenvalue weighted by Crippen LogP contribution is -2.25. The second kappa shape index (κ2) is 7.61. The molecule has 1 heterocycles. The fourth-order valence-corrected chi connectivity index (χ4v) is 2.40. The summed E-state index contributed by atoms with van der Waals surface area (Å²) in [5.41, 5.74) is 1.70. The predicted octanol–water partition coefficient (Wildman–Crippen LogP) is 3.08. The van der Waals surface area contributed by atoms with Crippen molar-refractivity contribution in [1.82, 2.24) is 20.1 Å². The molecule has 0 fully saturated rings. The van der Waals surface area contributed by atoms with Crippen LogP contribution in [0.15, 0.2) is 54.6 Å². The van der Waals surface area contributed by atoms with E-state index in [1.165, 1.54) is 0 Å². The van der Waals surface area contributed by atoms with Gasteiger partial charge in [0.2, 0.25) is 5.82 Å². The molecule has 3 aromatic rings. The van der Waals surface area contributed by atoms with Crippen molar-refractivity contribution in [3.63, 3.8) is 0 Å². The number of para-hydroxylation sites is 1. The van der Waals surface area contributed by atoms with Crippen molar-refractivity contribution in [3.05, 3.63) is 60.4 Å². The largest absolute Gasteiger partial charge is 0.497 e. The van der Waals surface area contributed by atoms with Gasteiger partial charge in [0.15, 0.2) is 5.82 Å². The van der Waals surface area contributed by atoms with Gasteiger partial charge in [0.05, 0.1) is 12.8 Å². The van der Waals surface area contributed by atoms with Gasteiger partial charge in [-0.25, -0.2) is 9.67 Å². The molecule has 25 heavy (non-hydrogen) atoms. The SMILES string of the molecule is CCCNC(=O)c1nc(-c2ccc(OC)cc2)n(-c2ccccc2)n1. The van der Waals surface area contributed by atoms with Gasteiger partial charge in [-0.15, -0.1) is 5.10 Å². The number of benzene rings is 2. The van der Waals surface area contributed by atoms with Crippen LogP contribution in [0.4, 0.5) is 0 Å². The molecule has 1 amide bonds. The molecule has 0 bridgehead atoms. The van der Waals surface area contributed by atoms with Crippen molar-refractivity contribution in [2.45, 2.75) is 13.3 Å². The molecule has 0 atom stereocenters. The third-order valence-corrected chi connectivity index (χ3v) is 3.69. The van der Waals surface area contributed by atoms with Gasteiger partial charge in [-0.2, -0.15) is 0 Å². The molecule has 0 aliphatic rings. The van der Waals surface area contributed by atoms with Gasteiger partial charge in [0, 0.05) is 12.1 Å². The van der Waals surface area contributed by atoms with Gasteiger partial charge >= 0.3 is 0 Å². The molecule has 0 aliphatic heterocycles. The first-order chi connectivity index (χ1) is 12.2. The van der Waals surface area contributed by atoms with Crippen LogP contribution in [0, 0.1) is 0 Å². The zero-order valence-corrected chi connectivity index (χ0v) is 14.3. The topological polar surface area (TPSA) is 69.0 Å². The molecular weight excluding hydrogens is 316 g/mol. The molecule has 1 N–H and O–H groups in total. The highest BCUT2D eigenvalue weighted by molar-refractivity contribution is 5.91. The molecule has 1 aromatic heterocycles. The summed E-state index contributed by atoms with van der Waals surface area (Å²) in [5, 5.41) is 7.23. The maximum Gasteiger partial charge on any atom is 0.290 e. The van der Waals surface area contributed by atoms with Crippen LogP contribution in [0.25, 0.3) is 17.1 Å². The minimum absolute atomic E-state index is 0.156. The quantitative estimate of drug-likeness (QED) is 0.751. The summed E-state index contributed by atoms with van der Waals surface area (Å²) < 4.78 is 6.88. The first-order valence-corrected chi connectivity index (χ1v) is 8.18. The van der Waals surface area contributed by atoms with Gasteiger partial charge in [-0.1, -0.05) is 25.1 Å². The molecule has 6 heteroatoms. The van der Waals surface area contributed by atoms with Gasteiger partial charge in [-0.05, 0) is 42.8 Å². The Morgan fingerprint density at radius 1 is 1.12 bits per heavy atom. The lowest BCUT2D eigenvalue weighted by molar-refractivity contribution is 0.0943. The van der Waals surface area contributed by atoms with E-state index < -0.39 is 0 Å². The Morgan fingerprint density at radius 2 is 1.84 bits per heavy atom. The zero-order chi connectivity index (χ0) is 17.6. The summed E-state index contributed by atoms with van der Waals surface area (Å²) >= 11 is 0. The standard InChI is InChI=1S/C19H20N4O2/c1-3-13-20-19(24)17-21-18(14-9-11-16(25-2)12-10-14)23(22-17)15-7-5-4-6-8-15/h4-12H,3,13H2,1-2H3,(H,20,24). The van der Waals surface area contributed by atoms with Crippen molar-refractivity contribution in [2.75, 3.05) is 13.7 Å². The second-order valence-electron chi connectivity index (χ2n) is 5.49. The van der Waals surface area contributed by atoms with E-state index in [-0.39, 0.29) is 11.7 Å². The number of rotatable bonds is 6. The number of hydrogen-bond donors (Lipinski definition) is 1. The minimum atomic E-state index is -0.272. The molecule has 0 aliphatic carbocycles. The Balaban J connectivity index is 2.04. The monoisotopic (exact) mass is 336 g/mol. The maximum absolute atomic E-state index is 12.3. The highest BCUT2D eigenvalue weighted by atomic mass is 16.5. The summed E-state index contributed by atoms with van der Waals surface area (Å²) in [6.07, 6.45) is 0.858. The predicted molar refractivity (Wildman–Crippen MR) is 96.0 cm³/mol. The van der Waals surface area contributed by atoms with Crippen LogP contribution >= 0.6 is 0 Å². The number of hydrogen-bond acceptors (Lipinski definition) is 4.